The highest BCUT2D eigenvalue weighted by Crippen LogP contribution is 2.29. The number of aliphatic imine (C=N–C) groups is 1. The molecule has 0 amide bonds. The quantitative estimate of drug-likeness (QED) is 0.506. The topological polar surface area (TPSA) is 110 Å². The van der Waals surface area contributed by atoms with Gasteiger partial charge in [-0.2, -0.15) is 0 Å². The van der Waals surface area contributed by atoms with Crippen molar-refractivity contribution >= 4 is 38.4 Å². The van der Waals surface area contributed by atoms with Crippen molar-refractivity contribution in [3.05, 3.63) is 53.6 Å². The number of nitrogens with one attached hydrogen (secondary N) is 1. The fourth-order valence-corrected chi connectivity index (χ4v) is 3.11. The fourth-order valence-electron chi connectivity index (χ4n) is 2.26. The molecule has 3 rings (SSSR count). The highest BCUT2D eigenvalue weighted by Gasteiger charge is 2.15. The molecule has 0 saturated carbocycles. The van der Waals surface area contributed by atoms with E-state index in [4.69, 9.17) is 21.6 Å². The maximum Gasteiger partial charge on any atom is 0.212 e. The number of fused-ring (bicyclic) bond motifs is 1. The van der Waals surface area contributed by atoms with Crippen molar-refractivity contribution in [2.24, 2.45) is 16.5 Å². The van der Waals surface area contributed by atoms with Gasteiger partial charge in [0.2, 0.25) is 5.13 Å². The molecule has 0 unspecified atom stereocenters. The first-order valence-electron chi connectivity index (χ1n) is 6.81. The SMILES string of the molecule is COc1cccc(C(=N)N)c1/C(N)=N/c1nc2ccccc2s1. The van der Waals surface area contributed by atoms with Crippen LogP contribution >= 0.6 is 11.3 Å². The van der Waals surface area contributed by atoms with Gasteiger partial charge in [0, 0.05) is 5.56 Å². The van der Waals surface area contributed by atoms with Crippen LogP contribution in [0.3, 0.4) is 0 Å². The predicted molar refractivity (Wildman–Crippen MR) is 94.0 cm³/mol. The summed E-state index contributed by atoms with van der Waals surface area (Å²) in [5.41, 5.74) is 13.6. The molecule has 0 atom stereocenters. The van der Waals surface area contributed by atoms with Crippen LogP contribution in [-0.2, 0) is 0 Å². The summed E-state index contributed by atoms with van der Waals surface area (Å²) in [4.78, 5) is 8.82. The van der Waals surface area contributed by atoms with Crippen LogP contribution < -0.4 is 16.2 Å². The molecule has 23 heavy (non-hydrogen) atoms. The van der Waals surface area contributed by atoms with E-state index >= 15 is 0 Å². The first-order valence-corrected chi connectivity index (χ1v) is 7.63. The number of methoxy groups -OCH3 is 1. The number of hydrogen-bond donors (Lipinski definition) is 3. The van der Waals surface area contributed by atoms with E-state index in [0.717, 1.165) is 10.2 Å². The molecule has 0 aliphatic rings. The first-order chi connectivity index (χ1) is 11.1. The average molecular weight is 325 g/mol. The van der Waals surface area contributed by atoms with Crippen molar-refractivity contribution in [3.8, 4) is 5.75 Å². The van der Waals surface area contributed by atoms with Crippen molar-refractivity contribution < 1.29 is 4.74 Å². The molecule has 5 N–H and O–H groups in total. The molecule has 1 aromatic heterocycles. The standard InChI is InChI=1S/C16H15N5OS/c1-22-11-7-4-5-9(14(17)18)13(11)15(19)21-16-20-10-6-2-3-8-12(10)23-16/h2-8H,1H3,(H3,17,18)(H2,19,20,21). The minimum Gasteiger partial charge on any atom is -0.496 e. The Morgan fingerprint density at radius 2 is 1.96 bits per heavy atom. The number of nitrogens with zero attached hydrogens (tertiary/aromatic N) is 2. The van der Waals surface area contributed by atoms with Gasteiger partial charge >= 0.3 is 0 Å². The third-order valence-corrected chi connectivity index (χ3v) is 4.22. The summed E-state index contributed by atoms with van der Waals surface area (Å²) < 4.78 is 6.36. The van der Waals surface area contributed by atoms with Crippen LogP contribution in [0.15, 0.2) is 47.5 Å². The van der Waals surface area contributed by atoms with Gasteiger partial charge < -0.3 is 16.2 Å². The van der Waals surface area contributed by atoms with Crippen LogP contribution in [0.1, 0.15) is 11.1 Å². The van der Waals surface area contributed by atoms with Crippen LogP contribution in [0.4, 0.5) is 5.13 Å². The maximum absolute atomic E-state index is 7.71. The van der Waals surface area contributed by atoms with Crippen LogP contribution in [0.5, 0.6) is 5.75 Å². The Morgan fingerprint density at radius 3 is 2.65 bits per heavy atom. The molecule has 3 aromatic rings. The van der Waals surface area contributed by atoms with E-state index in [0.29, 0.717) is 22.0 Å². The smallest absolute Gasteiger partial charge is 0.212 e. The number of nitrogens with two attached hydrogens (primary N) is 2. The Morgan fingerprint density at radius 1 is 1.17 bits per heavy atom. The molecule has 116 valence electrons. The van der Waals surface area contributed by atoms with Gasteiger partial charge in [0.25, 0.3) is 0 Å². The monoisotopic (exact) mass is 325 g/mol. The lowest BCUT2D eigenvalue weighted by molar-refractivity contribution is 0.414. The lowest BCUT2D eigenvalue weighted by Crippen LogP contribution is -2.22. The van der Waals surface area contributed by atoms with Crippen molar-refractivity contribution in [3.63, 3.8) is 0 Å². The molecule has 0 aliphatic heterocycles. The van der Waals surface area contributed by atoms with Gasteiger partial charge in [0.1, 0.15) is 17.4 Å². The number of amidine groups is 2. The molecule has 0 radical (unpaired) electrons. The Labute approximate surface area is 136 Å². The van der Waals surface area contributed by atoms with E-state index in [1.54, 1.807) is 18.2 Å². The Bertz CT molecular complexity index is 883. The molecular formula is C16H15N5OS. The molecule has 0 spiro atoms. The van der Waals surface area contributed by atoms with Gasteiger partial charge in [0.05, 0.1) is 22.9 Å². The highest BCUT2D eigenvalue weighted by atomic mass is 32.1. The summed E-state index contributed by atoms with van der Waals surface area (Å²) in [6, 6.07) is 13.0. The second kappa shape index (κ2) is 6.05. The number of ether oxygens (including phenoxy) is 1. The summed E-state index contributed by atoms with van der Waals surface area (Å²) in [6.45, 7) is 0. The number of aromatic nitrogens is 1. The van der Waals surface area contributed by atoms with E-state index in [-0.39, 0.29) is 11.7 Å². The molecular weight excluding hydrogens is 310 g/mol. The lowest BCUT2D eigenvalue weighted by Gasteiger charge is -2.12. The van der Waals surface area contributed by atoms with E-state index in [9.17, 15) is 0 Å². The number of benzene rings is 2. The largest absolute Gasteiger partial charge is 0.496 e. The van der Waals surface area contributed by atoms with Gasteiger partial charge in [-0.3, -0.25) is 5.41 Å². The van der Waals surface area contributed by atoms with E-state index in [1.807, 2.05) is 24.3 Å². The second-order valence-electron chi connectivity index (χ2n) is 4.76. The second-order valence-corrected chi connectivity index (χ2v) is 5.77. The molecule has 2 aromatic carbocycles. The summed E-state index contributed by atoms with van der Waals surface area (Å²) in [5, 5.41) is 8.25. The van der Waals surface area contributed by atoms with E-state index in [2.05, 4.69) is 9.98 Å². The summed E-state index contributed by atoms with van der Waals surface area (Å²) in [7, 11) is 1.54. The zero-order valence-electron chi connectivity index (χ0n) is 12.4. The molecule has 1 heterocycles. The molecule has 0 bridgehead atoms. The fraction of sp³-hybridized carbons (Fsp3) is 0.0625. The van der Waals surface area contributed by atoms with Crippen LogP contribution in [0.25, 0.3) is 10.2 Å². The number of hydrogen-bond acceptors (Lipinski definition) is 5. The maximum atomic E-state index is 7.71. The average Bonchev–Trinajstić information content (AvgIpc) is 2.95. The van der Waals surface area contributed by atoms with Crippen LogP contribution in [0.2, 0.25) is 0 Å². The predicted octanol–water partition coefficient (Wildman–Crippen LogP) is 2.63. The summed E-state index contributed by atoms with van der Waals surface area (Å²) in [5.74, 6) is 0.633. The van der Waals surface area contributed by atoms with Gasteiger partial charge in [0.15, 0.2) is 0 Å². The molecule has 7 heteroatoms. The molecule has 0 fully saturated rings. The first kappa shape index (κ1) is 15.0. The Kier molecular flexibility index (Phi) is 3.94. The van der Waals surface area contributed by atoms with Crippen molar-refractivity contribution in [1.29, 1.82) is 5.41 Å². The summed E-state index contributed by atoms with van der Waals surface area (Å²) >= 11 is 1.44. The Hall–Kier alpha value is -2.93. The number of nitrogen functional groups attached to an aromatic ring is 1. The van der Waals surface area contributed by atoms with Crippen LogP contribution in [-0.4, -0.2) is 23.8 Å². The highest BCUT2D eigenvalue weighted by molar-refractivity contribution is 7.22. The number of thiazole rings is 1. The normalized spacial score (nSPS) is 11.6. The van der Waals surface area contributed by atoms with E-state index in [1.165, 1.54) is 18.4 Å². The van der Waals surface area contributed by atoms with Crippen molar-refractivity contribution in [2.75, 3.05) is 7.11 Å². The van der Waals surface area contributed by atoms with Gasteiger partial charge in [-0.15, -0.1) is 0 Å². The zero-order chi connectivity index (χ0) is 16.4. The zero-order valence-corrected chi connectivity index (χ0v) is 13.2. The third kappa shape index (κ3) is 2.86. The molecule has 0 saturated heterocycles. The number of rotatable bonds is 4. The summed E-state index contributed by atoms with van der Waals surface area (Å²) in [6.07, 6.45) is 0. The number of para-hydroxylation sites is 1. The molecule has 6 nitrogen and oxygen atoms in total. The lowest BCUT2D eigenvalue weighted by atomic mass is 10.0. The van der Waals surface area contributed by atoms with Crippen LogP contribution in [0, 0.1) is 5.41 Å². The Balaban J connectivity index is 2.12. The minimum absolute atomic E-state index is 0.0960. The van der Waals surface area contributed by atoms with E-state index < -0.39 is 0 Å². The minimum atomic E-state index is -0.0960. The van der Waals surface area contributed by atoms with Crippen molar-refractivity contribution in [2.45, 2.75) is 0 Å². The van der Waals surface area contributed by atoms with Gasteiger partial charge in [-0.1, -0.05) is 35.6 Å². The van der Waals surface area contributed by atoms with Gasteiger partial charge in [-0.05, 0) is 18.2 Å². The molecule has 0 aliphatic carbocycles. The van der Waals surface area contributed by atoms with Gasteiger partial charge in [-0.25, -0.2) is 9.98 Å². The van der Waals surface area contributed by atoms with Crippen molar-refractivity contribution in [1.82, 2.24) is 4.98 Å². The third-order valence-electron chi connectivity index (χ3n) is 3.29.